The molecule has 0 bridgehead atoms. The molecule has 2 N–H and O–H groups in total. The Bertz CT molecular complexity index is 562. The summed E-state index contributed by atoms with van der Waals surface area (Å²) in [4.78, 5) is 11.5. The molecule has 0 aliphatic heterocycles. The van der Waals surface area contributed by atoms with Gasteiger partial charge in [0.15, 0.2) is 5.82 Å². The lowest BCUT2D eigenvalue weighted by atomic mass is 10.2. The van der Waals surface area contributed by atoms with Gasteiger partial charge >= 0.3 is 0 Å². The monoisotopic (exact) mass is 193 g/mol. The number of benzene rings is 1. The molecule has 0 aliphatic carbocycles. The van der Waals surface area contributed by atoms with Crippen LogP contribution in [0.1, 0.15) is 0 Å². The molecule has 0 unspecified atom stereocenters. The first-order chi connectivity index (χ1) is 6.59. The maximum atomic E-state index is 12.9. The van der Waals surface area contributed by atoms with E-state index in [1.807, 2.05) is 0 Å². The Balaban J connectivity index is 3.03. The van der Waals surface area contributed by atoms with Crippen LogP contribution in [0.2, 0.25) is 0 Å². The molecule has 0 radical (unpaired) electrons. The molecule has 1 aromatic carbocycles. The first kappa shape index (κ1) is 8.68. The van der Waals surface area contributed by atoms with Gasteiger partial charge in [-0.3, -0.25) is 9.48 Å². The Kier molecular flexibility index (Phi) is 1.73. The normalized spacial score (nSPS) is 10.7. The van der Waals surface area contributed by atoms with Crippen molar-refractivity contribution < 1.29 is 4.39 Å². The maximum absolute atomic E-state index is 12.9. The standard InChI is InChI=1S/C9H8FN3O/c1-13-7-3-2-5(10)4-6(7)8(14)9(11)12-13/h2-4H,1H3,(H2,11,12). The minimum atomic E-state index is -0.458. The van der Waals surface area contributed by atoms with E-state index in [0.29, 0.717) is 5.52 Å². The Labute approximate surface area is 78.8 Å². The van der Waals surface area contributed by atoms with Gasteiger partial charge in [-0.2, -0.15) is 5.10 Å². The number of hydrogen-bond acceptors (Lipinski definition) is 3. The molecule has 0 aliphatic rings. The lowest BCUT2D eigenvalue weighted by Gasteiger charge is -2.04. The quantitative estimate of drug-likeness (QED) is 0.668. The minimum Gasteiger partial charge on any atom is -0.379 e. The number of nitrogens with zero attached hydrogens (tertiary/aromatic N) is 2. The average molecular weight is 193 g/mol. The Morgan fingerprint density at radius 3 is 2.93 bits per heavy atom. The van der Waals surface area contributed by atoms with Crippen LogP contribution >= 0.6 is 0 Å². The summed E-state index contributed by atoms with van der Waals surface area (Å²) in [6, 6.07) is 3.94. The summed E-state index contributed by atoms with van der Waals surface area (Å²) in [6.07, 6.45) is 0. The van der Waals surface area contributed by atoms with E-state index in [0.717, 1.165) is 6.07 Å². The third-order valence-corrected chi connectivity index (χ3v) is 2.04. The highest BCUT2D eigenvalue weighted by atomic mass is 19.1. The molecule has 0 atom stereocenters. The summed E-state index contributed by atoms with van der Waals surface area (Å²) in [5.41, 5.74) is 5.50. The highest BCUT2D eigenvalue weighted by Crippen LogP contribution is 2.10. The predicted molar refractivity (Wildman–Crippen MR) is 51.4 cm³/mol. The molecule has 0 spiro atoms. The van der Waals surface area contributed by atoms with Gasteiger partial charge in [-0.1, -0.05) is 0 Å². The Morgan fingerprint density at radius 2 is 2.21 bits per heavy atom. The van der Waals surface area contributed by atoms with E-state index in [4.69, 9.17) is 5.73 Å². The van der Waals surface area contributed by atoms with Gasteiger partial charge in [0.25, 0.3) is 0 Å². The highest BCUT2D eigenvalue weighted by molar-refractivity contribution is 5.80. The number of anilines is 1. The van der Waals surface area contributed by atoms with Crippen LogP contribution in [0.3, 0.4) is 0 Å². The molecule has 5 heteroatoms. The number of fused-ring (bicyclic) bond motifs is 1. The van der Waals surface area contributed by atoms with Gasteiger partial charge < -0.3 is 5.73 Å². The molecule has 72 valence electrons. The number of aryl methyl sites for hydroxylation is 1. The van der Waals surface area contributed by atoms with E-state index in [-0.39, 0.29) is 11.2 Å². The zero-order chi connectivity index (χ0) is 10.3. The molecule has 0 saturated carbocycles. The van der Waals surface area contributed by atoms with Crippen LogP contribution in [-0.2, 0) is 7.05 Å². The number of nitrogens with two attached hydrogens (primary N) is 1. The molecule has 1 aromatic heterocycles. The topological polar surface area (TPSA) is 60.9 Å². The molecule has 2 aromatic rings. The van der Waals surface area contributed by atoms with Crippen molar-refractivity contribution in [2.24, 2.45) is 7.05 Å². The summed E-state index contributed by atoms with van der Waals surface area (Å²) >= 11 is 0. The van der Waals surface area contributed by atoms with Crippen molar-refractivity contribution in [1.29, 1.82) is 0 Å². The second-order valence-corrected chi connectivity index (χ2v) is 3.00. The van der Waals surface area contributed by atoms with Gasteiger partial charge in [0.05, 0.1) is 10.9 Å². The predicted octanol–water partition coefficient (Wildman–Crippen LogP) is 0.655. The third-order valence-electron chi connectivity index (χ3n) is 2.04. The van der Waals surface area contributed by atoms with Crippen LogP contribution in [0.5, 0.6) is 0 Å². The number of aromatic nitrogens is 2. The first-order valence-corrected chi connectivity index (χ1v) is 4.01. The van der Waals surface area contributed by atoms with E-state index < -0.39 is 11.2 Å². The fraction of sp³-hybridized carbons (Fsp3) is 0.111. The molecular formula is C9H8FN3O. The minimum absolute atomic E-state index is 0.120. The molecule has 14 heavy (non-hydrogen) atoms. The Hall–Kier alpha value is -1.91. The zero-order valence-electron chi connectivity index (χ0n) is 7.49. The molecule has 1 heterocycles. The summed E-state index contributed by atoms with van der Waals surface area (Å²) in [6.45, 7) is 0. The molecule has 0 amide bonds. The number of rotatable bonds is 0. The van der Waals surface area contributed by atoms with Crippen LogP contribution in [0.15, 0.2) is 23.0 Å². The van der Waals surface area contributed by atoms with Gasteiger partial charge in [-0.05, 0) is 18.2 Å². The van der Waals surface area contributed by atoms with E-state index in [1.54, 1.807) is 7.05 Å². The molecule has 0 fully saturated rings. The van der Waals surface area contributed by atoms with Crippen LogP contribution in [0, 0.1) is 5.82 Å². The van der Waals surface area contributed by atoms with Crippen molar-refractivity contribution in [3.8, 4) is 0 Å². The fourth-order valence-corrected chi connectivity index (χ4v) is 1.37. The lowest BCUT2D eigenvalue weighted by Crippen LogP contribution is -2.16. The Morgan fingerprint density at radius 1 is 1.50 bits per heavy atom. The van der Waals surface area contributed by atoms with Crippen molar-refractivity contribution >= 4 is 16.7 Å². The van der Waals surface area contributed by atoms with Crippen molar-refractivity contribution in [1.82, 2.24) is 9.78 Å². The summed E-state index contributed by atoms with van der Waals surface area (Å²) in [5, 5.41) is 4.04. The van der Waals surface area contributed by atoms with Gasteiger partial charge in [-0.25, -0.2) is 4.39 Å². The molecular weight excluding hydrogens is 185 g/mol. The largest absolute Gasteiger partial charge is 0.379 e. The van der Waals surface area contributed by atoms with Crippen LogP contribution in [0.25, 0.3) is 10.9 Å². The van der Waals surface area contributed by atoms with E-state index in [9.17, 15) is 9.18 Å². The van der Waals surface area contributed by atoms with Crippen molar-refractivity contribution in [2.75, 3.05) is 5.73 Å². The highest BCUT2D eigenvalue weighted by Gasteiger charge is 2.06. The smallest absolute Gasteiger partial charge is 0.231 e. The molecule has 0 saturated heterocycles. The SMILES string of the molecule is Cn1nc(N)c(=O)c2cc(F)ccc21. The average Bonchev–Trinajstić information content (AvgIpc) is 2.14. The fourth-order valence-electron chi connectivity index (χ4n) is 1.37. The van der Waals surface area contributed by atoms with Crippen molar-refractivity contribution in [3.63, 3.8) is 0 Å². The van der Waals surface area contributed by atoms with Gasteiger partial charge in [0.2, 0.25) is 5.43 Å². The zero-order valence-corrected chi connectivity index (χ0v) is 7.49. The second kappa shape index (κ2) is 2.80. The van der Waals surface area contributed by atoms with Crippen LogP contribution in [0.4, 0.5) is 10.2 Å². The summed E-state index contributed by atoms with van der Waals surface area (Å²) < 4.78 is 14.3. The van der Waals surface area contributed by atoms with Crippen molar-refractivity contribution in [2.45, 2.75) is 0 Å². The number of hydrogen-bond donors (Lipinski definition) is 1. The van der Waals surface area contributed by atoms with Gasteiger partial charge in [0.1, 0.15) is 5.82 Å². The maximum Gasteiger partial charge on any atom is 0.231 e. The van der Waals surface area contributed by atoms with E-state index in [2.05, 4.69) is 5.10 Å². The van der Waals surface area contributed by atoms with E-state index >= 15 is 0 Å². The third kappa shape index (κ3) is 1.14. The van der Waals surface area contributed by atoms with Crippen molar-refractivity contribution in [3.05, 3.63) is 34.2 Å². The van der Waals surface area contributed by atoms with Gasteiger partial charge in [0, 0.05) is 7.05 Å². The molecule has 2 rings (SSSR count). The summed E-state index contributed by atoms with van der Waals surface area (Å²) in [7, 11) is 1.65. The summed E-state index contributed by atoms with van der Waals surface area (Å²) in [5.74, 6) is -0.578. The van der Waals surface area contributed by atoms with E-state index in [1.165, 1.54) is 16.8 Å². The second-order valence-electron chi connectivity index (χ2n) is 3.00. The van der Waals surface area contributed by atoms with Crippen LogP contribution in [-0.4, -0.2) is 9.78 Å². The number of nitrogen functional groups attached to an aromatic ring is 1. The number of halogens is 1. The van der Waals surface area contributed by atoms with Crippen LogP contribution < -0.4 is 11.2 Å². The van der Waals surface area contributed by atoms with Gasteiger partial charge in [-0.15, -0.1) is 0 Å². The lowest BCUT2D eigenvalue weighted by molar-refractivity contribution is 0.629. The first-order valence-electron chi connectivity index (χ1n) is 4.01. The molecule has 4 nitrogen and oxygen atoms in total.